The molecule has 4 rings (SSSR count). The summed E-state index contributed by atoms with van der Waals surface area (Å²) in [6.07, 6.45) is 5.54. The van der Waals surface area contributed by atoms with E-state index in [0.717, 1.165) is 36.0 Å². The van der Waals surface area contributed by atoms with Gasteiger partial charge in [0.2, 0.25) is 0 Å². The van der Waals surface area contributed by atoms with E-state index in [4.69, 9.17) is 4.74 Å². The number of amides is 1. The Morgan fingerprint density at radius 1 is 1.11 bits per heavy atom. The van der Waals surface area contributed by atoms with E-state index in [0.29, 0.717) is 12.8 Å². The first-order chi connectivity index (χ1) is 13.6. The zero-order valence-corrected chi connectivity index (χ0v) is 16.1. The normalized spacial score (nSPS) is 26.5. The summed E-state index contributed by atoms with van der Waals surface area (Å²) >= 11 is 0. The van der Waals surface area contributed by atoms with Crippen molar-refractivity contribution in [1.82, 2.24) is 4.90 Å². The van der Waals surface area contributed by atoms with E-state index in [2.05, 4.69) is 6.58 Å². The van der Waals surface area contributed by atoms with Gasteiger partial charge in [-0.3, -0.25) is 0 Å². The minimum atomic E-state index is -0.897. The molecule has 0 aromatic heterocycles. The highest BCUT2D eigenvalue weighted by molar-refractivity contribution is 5.69. The van der Waals surface area contributed by atoms with Crippen LogP contribution in [0.3, 0.4) is 0 Å². The highest BCUT2D eigenvalue weighted by atomic mass is 16.6. The average Bonchev–Trinajstić information content (AvgIpc) is 2.72. The number of carbonyl (C=O) groups excluding carboxylic acids is 1. The topological polar surface area (TPSA) is 49.8 Å². The van der Waals surface area contributed by atoms with Crippen molar-refractivity contribution in [2.75, 3.05) is 0 Å². The number of benzene rings is 2. The fourth-order valence-electron chi connectivity index (χ4n) is 4.69. The lowest BCUT2D eigenvalue weighted by molar-refractivity contribution is -0.0896. The zero-order chi connectivity index (χ0) is 19.6. The highest BCUT2D eigenvalue weighted by Gasteiger charge is 2.48. The largest absolute Gasteiger partial charge is 0.445 e. The second-order valence-corrected chi connectivity index (χ2v) is 7.95. The van der Waals surface area contributed by atoms with Gasteiger partial charge < -0.3 is 14.7 Å². The molecule has 28 heavy (non-hydrogen) atoms. The molecule has 0 saturated carbocycles. The van der Waals surface area contributed by atoms with Gasteiger partial charge in [-0.15, -0.1) is 0 Å². The van der Waals surface area contributed by atoms with Crippen LogP contribution in [0.15, 0.2) is 61.2 Å². The van der Waals surface area contributed by atoms with Gasteiger partial charge in [0, 0.05) is 24.9 Å². The summed E-state index contributed by atoms with van der Waals surface area (Å²) in [6, 6.07) is 17.7. The van der Waals surface area contributed by atoms with Gasteiger partial charge in [0.15, 0.2) is 0 Å². The maximum Gasteiger partial charge on any atom is 0.410 e. The number of hydrogen-bond donors (Lipinski definition) is 1. The Balaban J connectivity index is 1.48. The number of hydrogen-bond acceptors (Lipinski definition) is 3. The molecule has 2 unspecified atom stereocenters. The molecule has 2 aromatic rings. The maximum absolute atomic E-state index is 12.8. The van der Waals surface area contributed by atoms with Crippen LogP contribution in [-0.4, -0.2) is 28.2 Å². The second-order valence-electron chi connectivity index (χ2n) is 7.95. The Morgan fingerprint density at radius 2 is 1.75 bits per heavy atom. The van der Waals surface area contributed by atoms with Crippen LogP contribution >= 0.6 is 0 Å². The minimum absolute atomic E-state index is 0.0138. The molecule has 2 saturated heterocycles. The molecule has 2 aliphatic rings. The molecule has 146 valence electrons. The summed E-state index contributed by atoms with van der Waals surface area (Å²) in [5.74, 6) is 0. The first kappa shape index (κ1) is 18.8. The molecule has 4 nitrogen and oxygen atoms in total. The third-order valence-electron chi connectivity index (χ3n) is 6.11. The van der Waals surface area contributed by atoms with Crippen molar-refractivity contribution >= 4 is 12.2 Å². The van der Waals surface area contributed by atoms with E-state index in [9.17, 15) is 9.90 Å². The SMILES string of the molecule is C=Cc1ccc(C2(O)CC3CCCC(C2)N3C(=O)OCc2ccccc2)cc1. The molecule has 2 atom stereocenters. The van der Waals surface area contributed by atoms with E-state index in [1.807, 2.05) is 59.5 Å². The molecular formula is C24H27NO3. The van der Waals surface area contributed by atoms with E-state index >= 15 is 0 Å². The van der Waals surface area contributed by atoms with Gasteiger partial charge in [-0.25, -0.2) is 4.79 Å². The van der Waals surface area contributed by atoms with Crippen molar-refractivity contribution in [3.05, 3.63) is 77.9 Å². The first-order valence-electron chi connectivity index (χ1n) is 10.0. The van der Waals surface area contributed by atoms with Crippen molar-refractivity contribution in [3.8, 4) is 0 Å². The number of ether oxygens (including phenoxy) is 1. The maximum atomic E-state index is 12.8. The molecule has 2 bridgehead atoms. The first-order valence-corrected chi connectivity index (χ1v) is 10.0. The molecule has 1 amide bonds. The molecular weight excluding hydrogens is 350 g/mol. The Hall–Kier alpha value is -2.59. The zero-order valence-electron chi connectivity index (χ0n) is 16.1. The lowest BCUT2D eigenvalue weighted by atomic mass is 9.72. The van der Waals surface area contributed by atoms with Crippen LogP contribution in [0.25, 0.3) is 6.08 Å². The summed E-state index contributed by atoms with van der Waals surface area (Å²) in [7, 11) is 0. The number of nitrogens with zero attached hydrogens (tertiary/aromatic N) is 1. The van der Waals surface area contributed by atoms with Gasteiger partial charge in [0.05, 0.1) is 5.60 Å². The van der Waals surface area contributed by atoms with Crippen LogP contribution in [-0.2, 0) is 16.9 Å². The monoisotopic (exact) mass is 377 g/mol. The number of rotatable bonds is 4. The summed E-state index contributed by atoms with van der Waals surface area (Å²) in [5.41, 5.74) is 2.05. The molecule has 2 heterocycles. The molecule has 0 aliphatic carbocycles. The van der Waals surface area contributed by atoms with E-state index in [1.54, 1.807) is 6.08 Å². The molecule has 1 N–H and O–H groups in total. The predicted molar refractivity (Wildman–Crippen MR) is 110 cm³/mol. The lowest BCUT2D eigenvalue weighted by Crippen LogP contribution is -2.58. The number of fused-ring (bicyclic) bond motifs is 2. The molecule has 0 radical (unpaired) electrons. The second kappa shape index (κ2) is 7.80. The van der Waals surface area contributed by atoms with Crippen LogP contribution in [0.1, 0.15) is 48.8 Å². The van der Waals surface area contributed by atoms with Gasteiger partial charge in [0.1, 0.15) is 6.61 Å². The molecule has 2 fully saturated rings. The molecule has 4 heteroatoms. The molecule has 0 spiro atoms. The third kappa shape index (κ3) is 3.69. The average molecular weight is 377 g/mol. The smallest absolute Gasteiger partial charge is 0.410 e. The van der Waals surface area contributed by atoms with Crippen molar-refractivity contribution in [2.45, 2.75) is 56.4 Å². The van der Waals surface area contributed by atoms with E-state index in [1.165, 1.54) is 0 Å². The van der Waals surface area contributed by atoms with Gasteiger partial charge in [-0.1, -0.05) is 67.3 Å². The van der Waals surface area contributed by atoms with Crippen LogP contribution in [0.5, 0.6) is 0 Å². The van der Waals surface area contributed by atoms with Crippen LogP contribution in [0.2, 0.25) is 0 Å². The van der Waals surface area contributed by atoms with Crippen molar-refractivity contribution in [1.29, 1.82) is 0 Å². The number of carbonyl (C=O) groups is 1. The Morgan fingerprint density at radius 3 is 2.36 bits per heavy atom. The predicted octanol–water partition coefficient (Wildman–Crippen LogP) is 4.87. The van der Waals surface area contributed by atoms with Gasteiger partial charge in [0.25, 0.3) is 0 Å². The third-order valence-corrected chi connectivity index (χ3v) is 6.11. The van der Waals surface area contributed by atoms with Crippen LogP contribution in [0.4, 0.5) is 4.79 Å². The van der Waals surface area contributed by atoms with Gasteiger partial charge in [-0.05, 0) is 36.0 Å². The summed E-state index contributed by atoms with van der Waals surface area (Å²) in [6.45, 7) is 4.07. The summed E-state index contributed by atoms with van der Waals surface area (Å²) in [4.78, 5) is 14.7. The van der Waals surface area contributed by atoms with Crippen molar-refractivity contribution < 1.29 is 14.6 Å². The van der Waals surface area contributed by atoms with Crippen LogP contribution < -0.4 is 0 Å². The Labute approximate surface area is 166 Å². The van der Waals surface area contributed by atoms with Gasteiger partial charge in [-0.2, -0.15) is 0 Å². The minimum Gasteiger partial charge on any atom is -0.445 e. The van der Waals surface area contributed by atoms with E-state index in [-0.39, 0.29) is 24.8 Å². The van der Waals surface area contributed by atoms with Crippen molar-refractivity contribution in [2.24, 2.45) is 0 Å². The lowest BCUT2D eigenvalue weighted by Gasteiger charge is -2.51. The van der Waals surface area contributed by atoms with Crippen LogP contribution in [0, 0.1) is 0 Å². The highest BCUT2D eigenvalue weighted by Crippen LogP contribution is 2.44. The Kier molecular flexibility index (Phi) is 5.23. The summed E-state index contributed by atoms with van der Waals surface area (Å²) < 4.78 is 5.60. The summed E-state index contributed by atoms with van der Waals surface area (Å²) in [5, 5.41) is 11.4. The van der Waals surface area contributed by atoms with Crippen molar-refractivity contribution in [3.63, 3.8) is 0 Å². The number of piperidine rings is 2. The number of aliphatic hydroxyl groups is 1. The quantitative estimate of drug-likeness (QED) is 0.827. The molecule has 2 aromatic carbocycles. The Bertz CT molecular complexity index is 817. The fourth-order valence-corrected chi connectivity index (χ4v) is 4.69. The van der Waals surface area contributed by atoms with E-state index < -0.39 is 5.60 Å². The fraction of sp³-hybridized carbons (Fsp3) is 0.375. The van der Waals surface area contributed by atoms with Gasteiger partial charge >= 0.3 is 6.09 Å². The molecule has 2 aliphatic heterocycles. The standard InChI is InChI=1S/C24H27NO3/c1-2-18-11-13-20(14-12-18)24(27)15-21-9-6-10-22(16-24)25(21)23(26)28-17-19-7-4-3-5-8-19/h2-5,7-8,11-14,21-22,27H,1,6,9-10,15-17H2.